The highest BCUT2D eigenvalue weighted by molar-refractivity contribution is 6.32. The average Bonchev–Trinajstić information content (AvgIpc) is 2.75. The molecule has 1 heterocycles. The van der Waals surface area contributed by atoms with Crippen molar-refractivity contribution in [1.29, 1.82) is 0 Å². The maximum atomic E-state index is 6.05. The number of benzene rings is 1. The van der Waals surface area contributed by atoms with Crippen LogP contribution in [0, 0.1) is 6.92 Å². The summed E-state index contributed by atoms with van der Waals surface area (Å²) in [6, 6.07) is 5.67. The number of hydrogen-bond donors (Lipinski definition) is 1. The van der Waals surface area contributed by atoms with Crippen molar-refractivity contribution in [3.05, 3.63) is 41.4 Å². The molecular formula is C13H16ClN3O. The van der Waals surface area contributed by atoms with Crippen molar-refractivity contribution in [2.45, 2.75) is 13.5 Å². The minimum Gasteiger partial charge on any atom is -0.495 e. The van der Waals surface area contributed by atoms with E-state index in [1.165, 1.54) is 0 Å². The first-order chi connectivity index (χ1) is 8.70. The number of imidazole rings is 1. The van der Waals surface area contributed by atoms with Gasteiger partial charge in [0, 0.05) is 31.2 Å². The molecule has 0 atom stereocenters. The Morgan fingerprint density at radius 2 is 2.28 bits per heavy atom. The van der Waals surface area contributed by atoms with Crippen LogP contribution >= 0.6 is 11.6 Å². The summed E-state index contributed by atoms with van der Waals surface area (Å²) in [5, 5.41) is 3.93. The first-order valence-electron chi connectivity index (χ1n) is 5.76. The molecule has 0 bridgehead atoms. The third-order valence-corrected chi connectivity index (χ3v) is 3.05. The molecule has 0 amide bonds. The van der Waals surface area contributed by atoms with Gasteiger partial charge in [-0.05, 0) is 25.1 Å². The number of ether oxygens (including phenoxy) is 1. The topological polar surface area (TPSA) is 39.1 Å². The van der Waals surface area contributed by atoms with Crippen LogP contribution in [0.3, 0.4) is 0 Å². The van der Waals surface area contributed by atoms with Crippen LogP contribution in [0.4, 0.5) is 5.69 Å². The molecule has 2 rings (SSSR count). The molecule has 18 heavy (non-hydrogen) atoms. The molecule has 0 fully saturated rings. The molecule has 1 aromatic carbocycles. The smallest absolute Gasteiger partial charge is 0.137 e. The van der Waals surface area contributed by atoms with Gasteiger partial charge in [0.05, 0.1) is 12.1 Å². The third kappa shape index (κ3) is 2.96. The first kappa shape index (κ1) is 12.8. The summed E-state index contributed by atoms with van der Waals surface area (Å²) >= 11 is 6.05. The molecule has 5 heteroatoms. The van der Waals surface area contributed by atoms with Crippen molar-refractivity contribution >= 4 is 17.3 Å². The maximum Gasteiger partial charge on any atom is 0.137 e. The zero-order valence-corrected chi connectivity index (χ0v) is 11.2. The standard InChI is InChI=1S/C13H16ClN3O/c1-10-15-5-7-17(10)8-6-16-11-3-4-13(18-2)12(14)9-11/h3-5,7,9,16H,6,8H2,1-2H3. The van der Waals surface area contributed by atoms with Gasteiger partial charge >= 0.3 is 0 Å². The molecule has 0 aliphatic heterocycles. The summed E-state index contributed by atoms with van der Waals surface area (Å²) in [7, 11) is 1.61. The SMILES string of the molecule is COc1ccc(NCCn2ccnc2C)cc1Cl. The van der Waals surface area contributed by atoms with Gasteiger partial charge in [-0.3, -0.25) is 0 Å². The molecule has 0 spiro atoms. The van der Waals surface area contributed by atoms with Crippen LogP contribution in [0.25, 0.3) is 0 Å². The van der Waals surface area contributed by atoms with E-state index in [2.05, 4.69) is 14.9 Å². The van der Waals surface area contributed by atoms with E-state index in [-0.39, 0.29) is 0 Å². The zero-order valence-electron chi connectivity index (χ0n) is 10.5. The Labute approximate surface area is 112 Å². The summed E-state index contributed by atoms with van der Waals surface area (Å²) in [5.74, 6) is 1.71. The Bertz CT molecular complexity index is 525. The highest BCUT2D eigenvalue weighted by Gasteiger charge is 2.01. The third-order valence-electron chi connectivity index (χ3n) is 2.76. The van der Waals surface area contributed by atoms with Gasteiger partial charge in [0.2, 0.25) is 0 Å². The van der Waals surface area contributed by atoms with Gasteiger partial charge in [-0.2, -0.15) is 0 Å². The van der Waals surface area contributed by atoms with Crippen molar-refractivity contribution < 1.29 is 4.74 Å². The fourth-order valence-corrected chi connectivity index (χ4v) is 1.99. The van der Waals surface area contributed by atoms with Crippen LogP contribution in [0.5, 0.6) is 5.75 Å². The molecule has 4 nitrogen and oxygen atoms in total. The monoisotopic (exact) mass is 265 g/mol. The van der Waals surface area contributed by atoms with E-state index in [9.17, 15) is 0 Å². The van der Waals surface area contributed by atoms with E-state index in [1.54, 1.807) is 13.3 Å². The highest BCUT2D eigenvalue weighted by atomic mass is 35.5. The molecule has 0 saturated carbocycles. The van der Waals surface area contributed by atoms with Gasteiger partial charge in [0.25, 0.3) is 0 Å². The second-order valence-corrected chi connectivity index (χ2v) is 4.35. The van der Waals surface area contributed by atoms with Gasteiger partial charge < -0.3 is 14.6 Å². The fourth-order valence-electron chi connectivity index (χ4n) is 1.74. The second kappa shape index (κ2) is 5.78. The second-order valence-electron chi connectivity index (χ2n) is 3.94. The van der Waals surface area contributed by atoms with Crippen LogP contribution in [0.2, 0.25) is 5.02 Å². The first-order valence-corrected chi connectivity index (χ1v) is 6.13. The fraction of sp³-hybridized carbons (Fsp3) is 0.308. The number of nitrogens with one attached hydrogen (secondary N) is 1. The van der Waals surface area contributed by atoms with Gasteiger partial charge in [-0.25, -0.2) is 4.98 Å². The highest BCUT2D eigenvalue weighted by Crippen LogP contribution is 2.26. The predicted molar refractivity (Wildman–Crippen MR) is 73.5 cm³/mol. The van der Waals surface area contributed by atoms with Crippen molar-refractivity contribution in [3.8, 4) is 5.75 Å². The van der Waals surface area contributed by atoms with E-state index in [4.69, 9.17) is 16.3 Å². The molecule has 0 aliphatic carbocycles. The summed E-state index contributed by atoms with van der Waals surface area (Å²) in [5.41, 5.74) is 0.985. The lowest BCUT2D eigenvalue weighted by molar-refractivity contribution is 0.415. The minimum atomic E-state index is 0.612. The van der Waals surface area contributed by atoms with Gasteiger partial charge in [0.15, 0.2) is 0 Å². The molecule has 96 valence electrons. The maximum absolute atomic E-state index is 6.05. The number of methoxy groups -OCH3 is 1. The number of rotatable bonds is 5. The van der Waals surface area contributed by atoms with Crippen LogP contribution in [0.15, 0.2) is 30.6 Å². The molecule has 2 aromatic rings. The van der Waals surface area contributed by atoms with Crippen molar-refractivity contribution in [1.82, 2.24) is 9.55 Å². The van der Waals surface area contributed by atoms with Gasteiger partial charge in [-0.1, -0.05) is 11.6 Å². The summed E-state index contributed by atoms with van der Waals surface area (Å²) < 4.78 is 7.20. The summed E-state index contributed by atoms with van der Waals surface area (Å²) in [4.78, 5) is 4.18. The van der Waals surface area contributed by atoms with Crippen LogP contribution in [-0.2, 0) is 6.54 Å². The lowest BCUT2D eigenvalue weighted by Gasteiger charge is -2.10. The quantitative estimate of drug-likeness (QED) is 0.903. The summed E-state index contributed by atoms with van der Waals surface area (Å²) in [6.45, 7) is 3.68. The van der Waals surface area contributed by atoms with Crippen molar-refractivity contribution in [2.24, 2.45) is 0 Å². The largest absolute Gasteiger partial charge is 0.495 e. The molecule has 0 radical (unpaired) electrons. The van der Waals surface area contributed by atoms with E-state index >= 15 is 0 Å². The Morgan fingerprint density at radius 3 is 2.89 bits per heavy atom. The normalized spacial score (nSPS) is 10.4. The van der Waals surface area contributed by atoms with Gasteiger partial charge in [0.1, 0.15) is 11.6 Å². The van der Waals surface area contributed by atoms with E-state index in [1.807, 2.05) is 31.3 Å². The minimum absolute atomic E-state index is 0.612. The molecule has 0 unspecified atom stereocenters. The van der Waals surface area contributed by atoms with E-state index in [0.29, 0.717) is 10.8 Å². The van der Waals surface area contributed by atoms with Crippen molar-refractivity contribution in [2.75, 3.05) is 19.0 Å². The Morgan fingerprint density at radius 1 is 1.44 bits per heavy atom. The number of hydrogen-bond acceptors (Lipinski definition) is 3. The number of aromatic nitrogens is 2. The average molecular weight is 266 g/mol. The molecule has 1 N–H and O–H groups in total. The number of halogens is 1. The van der Waals surface area contributed by atoms with Gasteiger partial charge in [-0.15, -0.1) is 0 Å². The number of anilines is 1. The van der Waals surface area contributed by atoms with E-state index in [0.717, 1.165) is 24.6 Å². The Hall–Kier alpha value is -1.68. The lowest BCUT2D eigenvalue weighted by Crippen LogP contribution is -2.10. The van der Waals surface area contributed by atoms with Crippen LogP contribution < -0.4 is 10.1 Å². The summed E-state index contributed by atoms with van der Waals surface area (Å²) in [6.07, 6.45) is 3.78. The molecule has 0 saturated heterocycles. The lowest BCUT2D eigenvalue weighted by atomic mass is 10.3. The van der Waals surface area contributed by atoms with Crippen molar-refractivity contribution in [3.63, 3.8) is 0 Å². The number of nitrogens with zero attached hydrogens (tertiary/aromatic N) is 2. The Kier molecular flexibility index (Phi) is 4.10. The van der Waals surface area contributed by atoms with Crippen LogP contribution in [0.1, 0.15) is 5.82 Å². The molecule has 1 aromatic heterocycles. The van der Waals surface area contributed by atoms with E-state index < -0.39 is 0 Å². The van der Waals surface area contributed by atoms with Crippen LogP contribution in [-0.4, -0.2) is 23.2 Å². The number of aryl methyl sites for hydroxylation is 1. The Balaban J connectivity index is 1.91. The molecular weight excluding hydrogens is 250 g/mol. The zero-order chi connectivity index (χ0) is 13.0. The molecule has 0 aliphatic rings. The predicted octanol–water partition coefficient (Wildman–Crippen LogP) is 2.97.